The van der Waals surface area contributed by atoms with E-state index in [0.717, 1.165) is 9.87 Å². The van der Waals surface area contributed by atoms with Crippen LogP contribution in [0.1, 0.15) is 5.56 Å². The summed E-state index contributed by atoms with van der Waals surface area (Å²) >= 11 is 0. The maximum atomic E-state index is 13.0. The predicted octanol–water partition coefficient (Wildman–Crippen LogP) is 1.76. The van der Waals surface area contributed by atoms with Gasteiger partial charge in [-0.05, 0) is 31.2 Å². The number of anilines is 1. The number of hydrogen-bond acceptors (Lipinski definition) is 5. The highest BCUT2D eigenvalue weighted by Gasteiger charge is 2.27. The van der Waals surface area contributed by atoms with Crippen LogP contribution in [0.25, 0.3) is 5.65 Å². The van der Waals surface area contributed by atoms with Crippen molar-refractivity contribution in [2.75, 3.05) is 10.8 Å². The summed E-state index contributed by atoms with van der Waals surface area (Å²) in [6, 6.07) is 11.9. The number of sulfonamides is 1. The van der Waals surface area contributed by atoms with Crippen LogP contribution in [0.2, 0.25) is 0 Å². The summed E-state index contributed by atoms with van der Waals surface area (Å²) in [7, 11) is -3.94. The molecule has 3 aromatic rings. The lowest BCUT2D eigenvalue weighted by Crippen LogP contribution is -2.31. The third kappa shape index (κ3) is 2.62. The first kappa shape index (κ1) is 15.0. The van der Waals surface area contributed by atoms with Gasteiger partial charge in [0.25, 0.3) is 10.0 Å². The monoisotopic (exact) mass is 327 g/mol. The quantitative estimate of drug-likeness (QED) is 0.681. The third-order valence-corrected chi connectivity index (χ3v) is 5.19. The van der Waals surface area contributed by atoms with Gasteiger partial charge in [0.15, 0.2) is 5.65 Å². The molecule has 8 heteroatoms. The second-order valence-electron chi connectivity index (χ2n) is 4.94. The molecule has 0 aliphatic rings. The molecule has 2 aromatic heterocycles. The van der Waals surface area contributed by atoms with Crippen molar-refractivity contribution in [1.82, 2.24) is 14.6 Å². The van der Waals surface area contributed by atoms with E-state index in [1.807, 2.05) is 13.0 Å². The van der Waals surface area contributed by atoms with Gasteiger partial charge in [-0.15, -0.1) is 10.2 Å². The first-order valence-electron chi connectivity index (χ1n) is 6.79. The molecule has 0 fully saturated rings. The topological polar surface area (TPSA) is 91.4 Å². The van der Waals surface area contributed by atoms with Crippen LogP contribution in [-0.2, 0) is 10.0 Å². The van der Waals surface area contributed by atoms with E-state index in [4.69, 9.17) is 5.26 Å². The summed E-state index contributed by atoms with van der Waals surface area (Å²) in [5.41, 5.74) is 1.66. The Morgan fingerprint density at radius 1 is 1.26 bits per heavy atom. The van der Waals surface area contributed by atoms with Crippen molar-refractivity contribution < 1.29 is 8.42 Å². The van der Waals surface area contributed by atoms with E-state index < -0.39 is 10.0 Å². The average Bonchev–Trinajstić information content (AvgIpc) is 3.02. The maximum Gasteiger partial charge on any atom is 0.269 e. The van der Waals surface area contributed by atoms with E-state index in [1.165, 1.54) is 16.8 Å². The van der Waals surface area contributed by atoms with Crippen molar-refractivity contribution in [2.24, 2.45) is 0 Å². The number of pyridine rings is 1. The van der Waals surface area contributed by atoms with Crippen LogP contribution in [0, 0.1) is 18.3 Å². The summed E-state index contributed by atoms with van der Waals surface area (Å²) in [5, 5.41) is 16.6. The van der Waals surface area contributed by atoms with Crippen molar-refractivity contribution in [1.29, 1.82) is 5.26 Å². The molecule has 7 nitrogen and oxygen atoms in total. The minimum absolute atomic E-state index is 0.00771. The zero-order chi connectivity index (χ0) is 16.4. The summed E-state index contributed by atoms with van der Waals surface area (Å²) in [6.07, 6.45) is 3.09. The molecule has 3 rings (SSSR count). The molecular weight excluding hydrogens is 314 g/mol. The Bertz CT molecular complexity index is 987. The van der Waals surface area contributed by atoms with Crippen molar-refractivity contribution in [3.8, 4) is 6.07 Å². The number of fused-ring (bicyclic) bond motifs is 1. The molecule has 0 saturated carbocycles. The molecule has 0 N–H and O–H groups in total. The molecule has 0 bridgehead atoms. The Kier molecular flexibility index (Phi) is 3.72. The first-order valence-corrected chi connectivity index (χ1v) is 8.23. The van der Waals surface area contributed by atoms with E-state index in [-0.39, 0.29) is 17.1 Å². The number of aryl methyl sites for hydroxylation is 1. The molecule has 0 saturated heterocycles. The second-order valence-corrected chi connectivity index (χ2v) is 6.77. The molecule has 0 aliphatic carbocycles. The van der Waals surface area contributed by atoms with E-state index in [2.05, 4.69) is 10.2 Å². The van der Waals surface area contributed by atoms with Crippen LogP contribution in [0.4, 0.5) is 5.69 Å². The van der Waals surface area contributed by atoms with Crippen LogP contribution in [0.15, 0.2) is 53.8 Å². The van der Waals surface area contributed by atoms with Crippen molar-refractivity contribution in [3.63, 3.8) is 0 Å². The highest BCUT2D eigenvalue weighted by atomic mass is 32.2. The van der Waals surface area contributed by atoms with Crippen molar-refractivity contribution in [2.45, 2.75) is 11.8 Å². The highest BCUT2D eigenvalue weighted by Crippen LogP contribution is 2.25. The number of nitrogens with zero attached hydrogens (tertiary/aromatic N) is 5. The standard InChI is InChI=1S/C15H13N5O2S/c1-12-4-6-13(7-5-12)20(10-8-16)23(21,22)14-3-2-9-19-11-17-18-15(14)19/h2-7,9,11H,10H2,1H3. The van der Waals surface area contributed by atoms with Gasteiger partial charge in [0.1, 0.15) is 17.8 Å². The molecule has 0 aliphatic heterocycles. The van der Waals surface area contributed by atoms with Gasteiger partial charge >= 0.3 is 0 Å². The smallest absolute Gasteiger partial charge is 0.269 e. The van der Waals surface area contributed by atoms with Gasteiger partial charge in [-0.3, -0.25) is 8.71 Å². The van der Waals surface area contributed by atoms with Crippen molar-refractivity contribution in [3.05, 3.63) is 54.5 Å². The lowest BCUT2D eigenvalue weighted by Gasteiger charge is -2.21. The Hall–Kier alpha value is -2.92. The summed E-state index contributed by atoms with van der Waals surface area (Å²) in [4.78, 5) is 0.00771. The SMILES string of the molecule is Cc1ccc(N(CC#N)S(=O)(=O)c2cccn3cnnc23)cc1. The zero-order valence-electron chi connectivity index (χ0n) is 12.3. The molecule has 23 heavy (non-hydrogen) atoms. The van der Waals surface area contributed by atoms with Gasteiger partial charge in [-0.25, -0.2) is 8.42 Å². The molecule has 0 atom stereocenters. The van der Waals surface area contributed by atoms with Gasteiger partial charge in [0.2, 0.25) is 0 Å². The van der Waals surface area contributed by atoms with Gasteiger partial charge in [0.05, 0.1) is 11.8 Å². The Labute approximate surface area is 133 Å². The first-order chi connectivity index (χ1) is 11.0. The van der Waals surface area contributed by atoms with E-state index in [9.17, 15) is 8.42 Å². The highest BCUT2D eigenvalue weighted by molar-refractivity contribution is 7.93. The van der Waals surface area contributed by atoms with Gasteiger partial charge < -0.3 is 0 Å². The summed E-state index contributed by atoms with van der Waals surface area (Å²) in [5.74, 6) is 0. The van der Waals surface area contributed by atoms with Gasteiger partial charge in [-0.1, -0.05) is 17.7 Å². The fourth-order valence-electron chi connectivity index (χ4n) is 2.24. The number of aromatic nitrogens is 3. The number of hydrogen-bond donors (Lipinski definition) is 0. The van der Waals surface area contributed by atoms with Crippen LogP contribution >= 0.6 is 0 Å². The van der Waals surface area contributed by atoms with Crippen molar-refractivity contribution >= 4 is 21.4 Å². The average molecular weight is 327 g/mol. The molecule has 0 unspecified atom stereocenters. The fourth-order valence-corrected chi connectivity index (χ4v) is 3.73. The lowest BCUT2D eigenvalue weighted by atomic mass is 10.2. The van der Waals surface area contributed by atoms with E-state index >= 15 is 0 Å². The Morgan fingerprint density at radius 3 is 2.70 bits per heavy atom. The number of rotatable bonds is 4. The molecule has 116 valence electrons. The summed E-state index contributed by atoms with van der Waals surface area (Å²) < 4.78 is 28.6. The van der Waals surface area contributed by atoms with E-state index in [1.54, 1.807) is 36.5 Å². The zero-order valence-corrected chi connectivity index (χ0v) is 13.1. The lowest BCUT2D eigenvalue weighted by molar-refractivity contribution is 0.593. The second kappa shape index (κ2) is 5.70. The maximum absolute atomic E-state index is 13.0. The van der Waals surface area contributed by atoms with Gasteiger partial charge in [0, 0.05) is 6.20 Å². The van der Waals surface area contributed by atoms with Crippen LogP contribution in [0.5, 0.6) is 0 Å². The molecule has 2 heterocycles. The molecule has 1 aromatic carbocycles. The Balaban J connectivity index is 2.17. The normalized spacial score (nSPS) is 11.3. The molecule has 0 spiro atoms. The summed E-state index contributed by atoms with van der Waals surface area (Å²) in [6.45, 7) is 1.62. The van der Waals surface area contributed by atoms with Crippen LogP contribution in [-0.4, -0.2) is 29.6 Å². The fraction of sp³-hybridized carbons (Fsp3) is 0.133. The Morgan fingerprint density at radius 2 is 2.00 bits per heavy atom. The largest absolute Gasteiger partial charge is 0.288 e. The minimum Gasteiger partial charge on any atom is -0.288 e. The van der Waals surface area contributed by atoms with E-state index in [0.29, 0.717) is 5.69 Å². The third-order valence-electron chi connectivity index (χ3n) is 3.39. The number of nitriles is 1. The van der Waals surface area contributed by atoms with Crippen LogP contribution in [0.3, 0.4) is 0 Å². The van der Waals surface area contributed by atoms with Gasteiger partial charge in [-0.2, -0.15) is 5.26 Å². The molecule has 0 radical (unpaired) electrons. The number of benzene rings is 1. The molecule has 0 amide bonds. The molecular formula is C15H13N5O2S. The minimum atomic E-state index is -3.94. The van der Waals surface area contributed by atoms with Crippen LogP contribution < -0.4 is 4.31 Å². The predicted molar refractivity (Wildman–Crippen MR) is 84.3 cm³/mol.